The fraction of sp³-hybridized carbons (Fsp3) is 0.200. The van der Waals surface area contributed by atoms with Crippen LogP contribution < -0.4 is 0 Å². The Bertz CT molecular complexity index is 474. The molecule has 0 unspecified atom stereocenters. The van der Waals surface area contributed by atoms with Gasteiger partial charge in [0.1, 0.15) is 0 Å². The van der Waals surface area contributed by atoms with Gasteiger partial charge in [-0.05, 0) is 31.5 Å². The predicted molar refractivity (Wildman–Crippen MR) is 66.5 cm³/mol. The maximum absolute atomic E-state index is 8.74. The van der Waals surface area contributed by atoms with Crippen LogP contribution in [0, 0.1) is 13.8 Å². The standard InChI is InChI=1S/C5H8N2.C5H5N.H2O4S/c1-4-3-6-7-5(4)2;1-2-4-6-5-3-1;1-5(2,3)4/h3H,1-2H3,(H,6,7);1-5H;(H2,1,2,3,4). The van der Waals surface area contributed by atoms with E-state index in [1.165, 1.54) is 5.56 Å². The van der Waals surface area contributed by atoms with Gasteiger partial charge in [-0.1, -0.05) is 6.07 Å². The summed E-state index contributed by atoms with van der Waals surface area (Å²) >= 11 is 0. The number of nitrogens with one attached hydrogen (secondary N) is 1. The first kappa shape index (κ1) is 16.2. The molecule has 0 aromatic carbocycles. The number of aromatic nitrogens is 3. The van der Waals surface area contributed by atoms with Gasteiger partial charge in [-0.15, -0.1) is 0 Å². The highest BCUT2D eigenvalue weighted by molar-refractivity contribution is 7.79. The van der Waals surface area contributed by atoms with Crippen molar-refractivity contribution in [2.45, 2.75) is 13.8 Å². The van der Waals surface area contributed by atoms with Gasteiger partial charge in [0, 0.05) is 18.6 Å². The maximum atomic E-state index is 8.74. The SMILES string of the molecule is Cc1c[nH]nc1C.O=S(=O)(O)O.c1ccncc1. The van der Waals surface area contributed by atoms with Crippen LogP contribution in [0.2, 0.25) is 0 Å². The first-order chi connectivity index (χ1) is 8.30. The first-order valence-electron chi connectivity index (χ1n) is 4.82. The average Bonchev–Trinajstić information content (AvgIpc) is 2.64. The highest BCUT2D eigenvalue weighted by atomic mass is 32.3. The Labute approximate surface area is 105 Å². The summed E-state index contributed by atoms with van der Waals surface area (Å²) in [6.07, 6.45) is 5.38. The lowest BCUT2D eigenvalue weighted by molar-refractivity contribution is 0.381. The van der Waals surface area contributed by atoms with Crippen LogP contribution in [0.15, 0.2) is 36.8 Å². The molecule has 0 aliphatic rings. The van der Waals surface area contributed by atoms with Crippen LogP contribution in [0.5, 0.6) is 0 Å². The van der Waals surface area contributed by atoms with E-state index in [2.05, 4.69) is 15.2 Å². The number of aryl methyl sites for hydroxylation is 2. The van der Waals surface area contributed by atoms with Crippen molar-refractivity contribution in [2.24, 2.45) is 0 Å². The van der Waals surface area contributed by atoms with Crippen molar-refractivity contribution in [2.75, 3.05) is 0 Å². The van der Waals surface area contributed by atoms with Crippen molar-refractivity contribution in [3.05, 3.63) is 48.0 Å². The van der Waals surface area contributed by atoms with Crippen LogP contribution in [-0.2, 0) is 10.4 Å². The van der Waals surface area contributed by atoms with Gasteiger partial charge in [-0.25, -0.2) is 0 Å². The molecule has 0 radical (unpaired) electrons. The molecule has 2 heterocycles. The molecule has 100 valence electrons. The Morgan fingerprint density at radius 3 is 1.72 bits per heavy atom. The average molecular weight is 273 g/mol. The van der Waals surface area contributed by atoms with Crippen LogP contribution in [0.25, 0.3) is 0 Å². The molecule has 2 aromatic heterocycles. The second kappa shape index (κ2) is 8.34. The number of rotatable bonds is 0. The van der Waals surface area contributed by atoms with E-state index in [-0.39, 0.29) is 0 Å². The minimum Gasteiger partial charge on any atom is -0.285 e. The van der Waals surface area contributed by atoms with E-state index in [1.807, 2.05) is 38.2 Å². The third kappa shape index (κ3) is 12.3. The minimum absolute atomic E-state index is 1.08. The van der Waals surface area contributed by atoms with Gasteiger partial charge < -0.3 is 0 Å². The van der Waals surface area contributed by atoms with Crippen LogP contribution in [0.3, 0.4) is 0 Å². The summed E-state index contributed by atoms with van der Waals surface area (Å²) in [5.74, 6) is 0. The Balaban J connectivity index is 0.000000245. The lowest BCUT2D eigenvalue weighted by Crippen LogP contribution is -1.89. The van der Waals surface area contributed by atoms with Crippen molar-refractivity contribution in [1.29, 1.82) is 0 Å². The summed E-state index contributed by atoms with van der Waals surface area (Å²) in [4.78, 5) is 3.78. The fourth-order valence-corrected chi connectivity index (χ4v) is 0.731. The molecule has 0 saturated carbocycles. The van der Waals surface area contributed by atoms with Gasteiger partial charge in [-0.3, -0.25) is 19.2 Å². The predicted octanol–water partition coefficient (Wildman–Crippen LogP) is 1.46. The number of hydrogen-bond acceptors (Lipinski definition) is 4. The minimum atomic E-state index is -4.67. The second-order valence-electron chi connectivity index (χ2n) is 3.13. The summed E-state index contributed by atoms with van der Waals surface area (Å²) in [7, 11) is -4.67. The second-order valence-corrected chi connectivity index (χ2v) is 4.02. The van der Waals surface area contributed by atoms with Crippen LogP contribution in [0.4, 0.5) is 0 Å². The highest BCUT2D eigenvalue weighted by Gasteiger charge is 1.88. The molecule has 0 atom stereocenters. The molecule has 0 aliphatic heterocycles. The smallest absolute Gasteiger partial charge is 0.285 e. The molecule has 2 rings (SSSR count). The zero-order valence-electron chi connectivity index (χ0n) is 9.98. The van der Waals surface area contributed by atoms with Crippen molar-refractivity contribution in [3.8, 4) is 0 Å². The van der Waals surface area contributed by atoms with Crippen LogP contribution in [-0.4, -0.2) is 32.7 Å². The molecule has 18 heavy (non-hydrogen) atoms. The van der Waals surface area contributed by atoms with Crippen molar-refractivity contribution >= 4 is 10.4 Å². The zero-order valence-corrected chi connectivity index (χ0v) is 10.8. The van der Waals surface area contributed by atoms with Gasteiger partial charge in [-0.2, -0.15) is 13.5 Å². The van der Waals surface area contributed by atoms with Crippen LogP contribution in [0.1, 0.15) is 11.3 Å². The van der Waals surface area contributed by atoms with E-state index < -0.39 is 10.4 Å². The number of aromatic amines is 1. The number of nitrogens with zero attached hydrogens (tertiary/aromatic N) is 2. The molecular formula is C10H15N3O4S. The van der Waals surface area contributed by atoms with E-state index in [0.29, 0.717) is 0 Å². The fourth-order valence-electron chi connectivity index (χ4n) is 0.731. The number of H-pyrrole nitrogens is 1. The lowest BCUT2D eigenvalue weighted by atomic mass is 10.3. The molecule has 0 bridgehead atoms. The summed E-state index contributed by atoms with van der Waals surface area (Å²) in [5, 5.41) is 6.64. The summed E-state index contributed by atoms with van der Waals surface area (Å²) in [6, 6.07) is 5.72. The molecule has 0 amide bonds. The first-order valence-corrected chi connectivity index (χ1v) is 6.22. The molecular weight excluding hydrogens is 258 g/mol. The Hall–Kier alpha value is -1.77. The van der Waals surface area contributed by atoms with Gasteiger partial charge in [0.05, 0.1) is 5.69 Å². The lowest BCUT2D eigenvalue weighted by Gasteiger charge is -1.76. The normalized spacial score (nSPS) is 9.56. The third-order valence-corrected chi connectivity index (χ3v) is 1.65. The molecule has 0 saturated heterocycles. The molecule has 0 spiro atoms. The maximum Gasteiger partial charge on any atom is 0.394 e. The van der Waals surface area contributed by atoms with Crippen molar-refractivity contribution in [3.63, 3.8) is 0 Å². The molecule has 2 aromatic rings. The Kier molecular flexibility index (Phi) is 7.52. The topological polar surface area (TPSA) is 116 Å². The van der Waals surface area contributed by atoms with E-state index in [4.69, 9.17) is 17.5 Å². The highest BCUT2D eigenvalue weighted by Crippen LogP contribution is 1.96. The molecule has 0 fully saturated rings. The Morgan fingerprint density at radius 2 is 1.61 bits per heavy atom. The monoisotopic (exact) mass is 273 g/mol. The van der Waals surface area contributed by atoms with Gasteiger partial charge in [0.25, 0.3) is 0 Å². The van der Waals surface area contributed by atoms with E-state index >= 15 is 0 Å². The molecule has 7 nitrogen and oxygen atoms in total. The molecule has 8 heteroatoms. The van der Waals surface area contributed by atoms with Gasteiger partial charge in [0.15, 0.2) is 0 Å². The van der Waals surface area contributed by atoms with Crippen LogP contribution >= 0.6 is 0 Å². The van der Waals surface area contributed by atoms with E-state index in [9.17, 15) is 0 Å². The van der Waals surface area contributed by atoms with Crippen molar-refractivity contribution < 1.29 is 17.5 Å². The summed E-state index contributed by atoms with van der Waals surface area (Å²) in [6.45, 7) is 4.00. The number of pyridine rings is 1. The van der Waals surface area contributed by atoms with E-state index in [0.717, 1.165) is 5.69 Å². The quantitative estimate of drug-likeness (QED) is 0.626. The molecule has 3 N–H and O–H groups in total. The van der Waals surface area contributed by atoms with Gasteiger partial charge >= 0.3 is 10.4 Å². The molecule has 0 aliphatic carbocycles. The number of hydrogen-bond donors (Lipinski definition) is 3. The zero-order chi connectivity index (χ0) is 14.0. The summed E-state index contributed by atoms with van der Waals surface area (Å²) < 4.78 is 31.6. The van der Waals surface area contributed by atoms with Gasteiger partial charge in [0.2, 0.25) is 0 Å². The largest absolute Gasteiger partial charge is 0.394 e. The summed E-state index contributed by atoms with van der Waals surface area (Å²) in [5.41, 5.74) is 2.31. The van der Waals surface area contributed by atoms with Crippen molar-refractivity contribution in [1.82, 2.24) is 15.2 Å². The third-order valence-electron chi connectivity index (χ3n) is 1.65. The van der Waals surface area contributed by atoms with E-state index in [1.54, 1.807) is 12.4 Å². The Morgan fingerprint density at radius 1 is 1.11 bits per heavy atom.